The van der Waals surface area contributed by atoms with E-state index in [9.17, 15) is 14.4 Å². The number of amides is 3. The maximum atomic E-state index is 12.2. The average Bonchev–Trinajstić information content (AvgIpc) is 3.10. The molecule has 7 nitrogen and oxygen atoms in total. The van der Waals surface area contributed by atoms with Crippen molar-refractivity contribution < 1.29 is 18.8 Å². The van der Waals surface area contributed by atoms with Crippen molar-refractivity contribution in [2.24, 2.45) is 5.41 Å². The van der Waals surface area contributed by atoms with E-state index < -0.39 is 11.3 Å². The van der Waals surface area contributed by atoms with Gasteiger partial charge in [0.15, 0.2) is 0 Å². The molecule has 1 aromatic carbocycles. The molecule has 0 aliphatic rings. The van der Waals surface area contributed by atoms with Crippen molar-refractivity contribution in [3.05, 3.63) is 54.0 Å². The number of carbonyl (C=O) groups is 3. The van der Waals surface area contributed by atoms with Gasteiger partial charge >= 0.3 is 0 Å². The summed E-state index contributed by atoms with van der Waals surface area (Å²) < 4.78 is 5.11. The number of hydrogen-bond donors (Lipinski definition) is 3. The fourth-order valence-electron chi connectivity index (χ4n) is 1.98. The second-order valence-electron chi connectivity index (χ2n) is 6.82. The van der Waals surface area contributed by atoms with E-state index in [1.165, 1.54) is 6.26 Å². The van der Waals surface area contributed by atoms with E-state index in [-0.39, 0.29) is 24.9 Å². The van der Waals surface area contributed by atoms with Gasteiger partial charge in [-0.15, -0.1) is 0 Å². The van der Waals surface area contributed by atoms with Crippen LogP contribution in [0.25, 0.3) is 0 Å². The first-order valence-corrected chi connectivity index (χ1v) is 8.24. The van der Waals surface area contributed by atoms with Crippen LogP contribution >= 0.6 is 0 Å². The van der Waals surface area contributed by atoms with Gasteiger partial charge in [-0.25, -0.2) is 0 Å². The zero-order chi connectivity index (χ0) is 19.2. The number of anilines is 1. The van der Waals surface area contributed by atoms with Crippen molar-refractivity contribution in [3.8, 4) is 0 Å². The van der Waals surface area contributed by atoms with Gasteiger partial charge in [0.25, 0.3) is 5.91 Å². The zero-order valence-corrected chi connectivity index (χ0v) is 15.1. The third-order valence-corrected chi connectivity index (χ3v) is 3.51. The largest absolute Gasteiger partial charge is 0.467 e. The van der Waals surface area contributed by atoms with Crippen LogP contribution in [-0.2, 0) is 16.1 Å². The van der Waals surface area contributed by atoms with Gasteiger partial charge in [-0.05, 0) is 30.3 Å². The topological polar surface area (TPSA) is 100 Å². The minimum absolute atomic E-state index is 0.146. The molecule has 0 aliphatic heterocycles. The molecule has 2 aromatic rings. The van der Waals surface area contributed by atoms with Crippen LogP contribution in [0.4, 0.5) is 5.69 Å². The molecule has 0 atom stereocenters. The molecule has 0 radical (unpaired) electrons. The molecule has 0 aliphatic carbocycles. The molecule has 1 aromatic heterocycles. The molecule has 0 fully saturated rings. The predicted octanol–water partition coefficient (Wildman–Crippen LogP) is 2.31. The highest BCUT2D eigenvalue weighted by molar-refractivity contribution is 5.99. The number of rotatable bonds is 6. The number of nitrogens with one attached hydrogen (secondary N) is 3. The summed E-state index contributed by atoms with van der Waals surface area (Å²) in [6, 6.07) is 10.0. The Kier molecular flexibility index (Phi) is 6.16. The van der Waals surface area contributed by atoms with E-state index in [1.807, 2.05) is 0 Å². The molecule has 0 unspecified atom stereocenters. The summed E-state index contributed by atoms with van der Waals surface area (Å²) in [5, 5.41) is 7.96. The minimum atomic E-state index is -0.537. The van der Waals surface area contributed by atoms with Crippen LogP contribution in [0.15, 0.2) is 47.1 Å². The molecule has 2 rings (SSSR count). The second-order valence-corrected chi connectivity index (χ2v) is 6.82. The molecule has 3 N–H and O–H groups in total. The third-order valence-electron chi connectivity index (χ3n) is 3.51. The molecule has 0 saturated carbocycles. The maximum absolute atomic E-state index is 12.2. The van der Waals surface area contributed by atoms with Gasteiger partial charge in [-0.2, -0.15) is 0 Å². The first-order valence-electron chi connectivity index (χ1n) is 8.24. The van der Waals surface area contributed by atoms with Crippen LogP contribution in [0.3, 0.4) is 0 Å². The van der Waals surface area contributed by atoms with E-state index in [4.69, 9.17) is 4.42 Å². The first kappa shape index (κ1) is 19.2. The summed E-state index contributed by atoms with van der Waals surface area (Å²) in [7, 11) is 0. The van der Waals surface area contributed by atoms with Crippen LogP contribution < -0.4 is 16.0 Å². The van der Waals surface area contributed by atoms with Crippen LogP contribution in [-0.4, -0.2) is 24.3 Å². The Bertz CT molecular complexity index is 776. The van der Waals surface area contributed by atoms with Crippen molar-refractivity contribution in [1.29, 1.82) is 0 Å². The SMILES string of the molecule is CC(C)(C)C(=O)Nc1cccc(C(=O)NCC(=O)NCc2ccco2)c1. The first-order chi connectivity index (χ1) is 12.3. The normalized spacial score (nSPS) is 10.9. The number of carbonyl (C=O) groups excluding carboxylic acids is 3. The lowest BCUT2D eigenvalue weighted by atomic mass is 9.95. The number of benzene rings is 1. The van der Waals surface area contributed by atoms with Gasteiger partial charge in [0, 0.05) is 16.7 Å². The Morgan fingerprint density at radius 3 is 2.46 bits per heavy atom. The molecule has 3 amide bonds. The summed E-state index contributed by atoms with van der Waals surface area (Å²) in [4.78, 5) is 36.0. The van der Waals surface area contributed by atoms with Crippen LogP contribution in [0.1, 0.15) is 36.9 Å². The van der Waals surface area contributed by atoms with Crippen LogP contribution in [0, 0.1) is 5.41 Å². The van der Waals surface area contributed by atoms with Gasteiger partial charge in [0.2, 0.25) is 11.8 Å². The monoisotopic (exact) mass is 357 g/mol. The highest BCUT2D eigenvalue weighted by atomic mass is 16.3. The molecule has 26 heavy (non-hydrogen) atoms. The summed E-state index contributed by atoms with van der Waals surface area (Å²) in [6.45, 7) is 5.52. The predicted molar refractivity (Wildman–Crippen MR) is 97.4 cm³/mol. The summed E-state index contributed by atoms with van der Waals surface area (Å²) in [5.74, 6) is -0.240. The second kappa shape index (κ2) is 8.33. The Morgan fingerprint density at radius 1 is 1.04 bits per heavy atom. The third kappa shape index (κ3) is 5.77. The minimum Gasteiger partial charge on any atom is -0.467 e. The summed E-state index contributed by atoms with van der Waals surface area (Å²) in [5.41, 5.74) is 0.347. The van der Waals surface area contributed by atoms with Crippen molar-refractivity contribution in [2.75, 3.05) is 11.9 Å². The molecular formula is C19H23N3O4. The fraction of sp³-hybridized carbons (Fsp3) is 0.316. The molecule has 7 heteroatoms. The zero-order valence-electron chi connectivity index (χ0n) is 15.1. The molecule has 0 spiro atoms. The summed E-state index contributed by atoms with van der Waals surface area (Å²) in [6.07, 6.45) is 1.52. The van der Waals surface area contributed by atoms with E-state index in [2.05, 4.69) is 16.0 Å². The van der Waals surface area contributed by atoms with E-state index in [1.54, 1.807) is 57.2 Å². The van der Waals surface area contributed by atoms with E-state index in [0.29, 0.717) is 17.0 Å². The number of furan rings is 1. The highest BCUT2D eigenvalue weighted by Crippen LogP contribution is 2.18. The quantitative estimate of drug-likeness (QED) is 0.738. The molecular weight excluding hydrogens is 334 g/mol. The van der Waals surface area contributed by atoms with Gasteiger partial charge in [0.1, 0.15) is 5.76 Å². The smallest absolute Gasteiger partial charge is 0.251 e. The molecule has 0 bridgehead atoms. The van der Waals surface area contributed by atoms with Gasteiger partial charge in [0.05, 0.1) is 19.4 Å². The lowest BCUT2D eigenvalue weighted by molar-refractivity contribution is -0.123. The van der Waals surface area contributed by atoms with Crippen molar-refractivity contribution in [2.45, 2.75) is 27.3 Å². The Labute approximate surface area is 152 Å². The van der Waals surface area contributed by atoms with Crippen LogP contribution in [0.5, 0.6) is 0 Å². The van der Waals surface area contributed by atoms with Gasteiger partial charge < -0.3 is 20.4 Å². The van der Waals surface area contributed by atoms with E-state index >= 15 is 0 Å². The van der Waals surface area contributed by atoms with Gasteiger partial charge in [-0.3, -0.25) is 14.4 Å². The standard InChI is InChI=1S/C19H23N3O4/c1-19(2,3)18(25)22-14-7-4-6-13(10-14)17(24)21-12-16(23)20-11-15-8-5-9-26-15/h4-10H,11-12H2,1-3H3,(H,20,23)(H,21,24)(H,22,25). The van der Waals surface area contributed by atoms with Crippen LogP contribution in [0.2, 0.25) is 0 Å². The number of hydrogen-bond acceptors (Lipinski definition) is 4. The molecule has 1 heterocycles. The highest BCUT2D eigenvalue weighted by Gasteiger charge is 2.21. The lowest BCUT2D eigenvalue weighted by Gasteiger charge is -2.18. The maximum Gasteiger partial charge on any atom is 0.251 e. The van der Waals surface area contributed by atoms with Crippen molar-refractivity contribution >= 4 is 23.4 Å². The molecule has 138 valence electrons. The lowest BCUT2D eigenvalue weighted by Crippen LogP contribution is -2.36. The van der Waals surface area contributed by atoms with Gasteiger partial charge in [-0.1, -0.05) is 26.8 Å². The Balaban J connectivity index is 1.86. The fourth-order valence-corrected chi connectivity index (χ4v) is 1.98. The summed E-state index contributed by atoms with van der Waals surface area (Å²) >= 11 is 0. The Morgan fingerprint density at radius 2 is 1.81 bits per heavy atom. The van der Waals surface area contributed by atoms with Crippen molar-refractivity contribution in [1.82, 2.24) is 10.6 Å². The van der Waals surface area contributed by atoms with Crippen molar-refractivity contribution in [3.63, 3.8) is 0 Å². The molecule has 0 saturated heterocycles. The van der Waals surface area contributed by atoms with E-state index in [0.717, 1.165) is 0 Å². The Hall–Kier alpha value is -3.09. The average molecular weight is 357 g/mol.